The fourth-order valence-corrected chi connectivity index (χ4v) is 2.90. The molecule has 0 spiro atoms. The first-order valence-electron chi connectivity index (χ1n) is 7.63. The minimum atomic E-state index is -0.419. The van der Waals surface area contributed by atoms with Gasteiger partial charge < -0.3 is 15.0 Å². The van der Waals surface area contributed by atoms with E-state index in [9.17, 15) is 9.59 Å². The fourth-order valence-electron chi connectivity index (χ4n) is 2.77. The number of nitrogens with one attached hydrogen (secondary N) is 2. The minimum Gasteiger partial charge on any atom is -0.375 e. The Balaban J connectivity index is 2.21. The summed E-state index contributed by atoms with van der Waals surface area (Å²) in [4.78, 5) is 27.2. The lowest BCUT2D eigenvalue weighted by Gasteiger charge is -2.24. The van der Waals surface area contributed by atoms with E-state index >= 15 is 0 Å². The third-order valence-corrected chi connectivity index (χ3v) is 4.11. The van der Waals surface area contributed by atoms with Crippen LogP contribution in [0.4, 0.5) is 0 Å². The Morgan fingerprint density at radius 3 is 2.42 bits per heavy atom. The van der Waals surface area contributed by atoms with E-state index in [-0.39, 0.29) is 17.7 Å². The Morgan fingerprint density at radius 1 is 1.25 bits per heavy atom. The monoisotopic (exact) mass is 348 g/mol. The SMILES string of the molecule is CO[C@H](c1ccc(Cl)cc1)[C@H](C)NC(=O)c1c(C)cc(C)[nH]c1=O. The van der Waals surface area contributed by atoms with Crippen LogP contribution in [0.2, 0.25) is 5.02 Å². The molecule has 0 saturated heterocycles. The van der Waals surface area contributed by atoms with Crippen molar-refractivity contribution in [3.8, 4) is 0 Å². The predicted octanol–water partition coefficient (Wildman–Crippen LogP) is 3.15. The molecule has 2 atom stereocenters. The fraction of sp³-hybridized carbons (Fsp3) is 0.333. The van der Waals surface area contributed by atoms with E-state index in [0.717, 1.165) is 11.3 Å². The van der Waals surface area contributed by atoms with Gasteiger partial charge in [-0.15, -0.1) is 0 Å². The number of rotatable bonds is 5. The highest BCUT2D eigenvalue weighted by atomic mass is 35.5. The first kappa shape index (κ1) is 18.2. The molecule has 0 bridgehead atoms. The summed E-state index contributed by atoms with van der Waals surface area (Å²) in [6, 6.07) is 8.68. The van der Waals surface area contributed by atoms with Crippen LogP contribution in [0, 0.1) is 13.8 Å². The average molecular weight is 349 g/mol. The first-order chi connectivity index (χ1) is 11.3. The smallest absolute Gasteiger partial charge is 0.261 e. The molecule has 2 rings (SSSR count). The Labute approximate surface area is 146 Å². The Kier molecular flexibility index (Phi) is 5.80. The van der Waals surface area contributed by atoms with Crippen molar-refractivity contribution < 1.29 is 9.53 Å². The highest BCUT2D eigenvalue weighted by molar-refractivity contribution is 6.30. The van der Waals surface area contributed by atoms with E-state index in [2.05, 4.69) is 10.3 Å². The average Bonchev–Trinajstić information content (AvgIpc) is 2.48. The van der Waals surface area contributed by atoms with Gasteiger partial charge in [-0.3, -0.25) is 9.59 Å². The number of carbonyl (C=O) groups excluding carboxylic acids is 1. The minimum absolute atomic E-state index is 0.124. The third kappa shape index (κ3) is 4.04. The number of amides is 1. The molecule has 1 amide bonds. The van der Waals surface area contributed by atoms with Crippen molar-refractivity contribution in [3.05, 3.63) is 68.1 Å². The van der Waals surface area contributed by atoms with Crippen molar-refractivity contribution in [3.63, 3.8) is 0 Å². The molecule has 0 fully saturated rings. The van der Waals surface area contributed by atoms with Gasteiger partial charge in [0.1, 0.15) is 11.7 Å². The number of methoxy groups -OCH3 is 1. The lowest BCUT2D eigenvalue weighted by molar-refractivity contribution is 0.0644. The molecular formula is C18H21ClN2O3. The van der Waals surface area contributed by atoms with Crippen LogP contribution in [0.1, 0.15) is 40.2 Å². The number of carbonyl (C=O) groups is 1. The lowest BCUT2D eigenvalue weighted by atomic mass is 10.0. The molecule has 24 heavy (non-hydrogen) atoms. The van der Waals surface area contributed by atoms with Gasteiger partial charge in [0.2, 0.25) is 0 Å². The molecule has 0 saturated carbocycles. The highest BCUT2D eigenvalue weighted by Gasteiger charge is 2.23. The Morgan fingerprint density at radius 2 is 1.88 bits per heavy atom. The van der Waals surface area contributed by atoms with Gasteiger partial charge in [-0.25, -0.2) is 0 Å². The summed E-state index contributed by atoms with van der Waals surface area (Å²) >= 11 is 5.90. The molecule has 0 aliphatic heterocycles. The largest absolute Gasteiger partial charge is 0.375 e. The summed E-state index contributed by atoms with van der Waals surface area (Å²) in [5.41, 5.74) is 1.99. The van der Waals surface area contributed by atoms with E-state index in [4.69, 9.17) is 16.3 Å². The maximum atomic E-state index is 12.5. The number of pyridine rings is 1. The van der Waals surface area contributed by atoms with Crippen LogP contribution in [0.5, 0.6) is 0 Å². The third-order valence-electron chi connectivity index (χ3n) is 3.86. The molecule has 1 aromatic heterocycles. The van der Waals surface area contributed by atoms with Crippen LogP contribution in [0.3, 0.4) is 0 Å². The van der Waals surface area contributed by atoms with Crippen molar-refractivity contribution in [2.45, 2.75) is 32.9 Å². The number of halogens is 1. The summed E-state index contributed by atoms with van der Waals surface area (Å²) in [5, 5.41) is 3.48. The van der Waals surface area contributed by atoms with Crippen LogP contribution >= 0.6 is 11.6 Å². The number of aromatic amines is 1. The number of benzene rings is 1. The van der Waals surface area contributed by atoms with E-state index in [1.807, 2.05) is 19.1 Å². The van der Waals surface area contributed by atoms with Crippen LogP contribution in [0.15, 0.2) is 35.1 Å². The highest BCUT2D eigenvalue weighted by Crippen LogP contribution is 2.22. The first-order valence-corrected chi connectivity index (χ1v) is 8.01. The van der Waals surface area contributed by atoms with Crippen molar-refractivity contribution in [2.75, 3.05) is 7.11 Å². The van der Waals surface area contributed by atoms with E-state index in [1.54, 1.807) is 39.2 Å². The van der Waals surface area contributed by atoms with Crippen LogP contribution in [-0.2, 0) is 4.74 Å². The molecule has 5 nitrogen and oxygen atoms in total. The molecule has 1 heterocycles. The van der Waals surface area contributed by atoms with Crippen LogP contribution in [0.25, 0.3) is 0 Å². The number of hydrogen-bond acceptors (Lipinski definition) is 3. The second-order valence-electron chi connectivity index (χ2n) is 5.81. The van der Waals surface area contributed by atoms with Crippen molar-refractivity contribution >= 4 is 17.5 Å². The predicted molar refractivity (Wildman–Crippen MR) is 94.7 cm³/mol. The van der Waals surface area contributed by atoms with Crippen LogP contribution < -0.4 is 10.9 Å². The van der Waals surface area contributed by atoms with Crippen molar-refractivity contribution in [1.82, 2.24) is 10.3 Å². The number of ether oxygens (including phenoxy) is 1. The summed E-state index contributed by atoms with van der Waals surface area (Å²) in [5.74, 6) is -0.419. The number of hydrogen-bond donors (Lipinski definition) is 2. The van der Waals surface area contributed by atoms with E-state index in [0.29, 0.717) is 10.6 Å². The van der Waals surface area contributed by atoms with Gasteiger partial charge in [-0.2, -0.15) is 0 Å². The molecule has 1 aromatic carbocycles. The molecule has 0 aliphatic rings. The summed E-state index contributed by atoms with van der Waals surface area (Å²) in [6.45, 7) is 5.35. The summed E-state index contributed by atoms with van der Waals surface area (Å²) in [7, 11) is 1.58. The lowest BCUT2D eigenvalue weighted by Crippen LogP contribution is -2.40. The second kappa shape index (κ2) is 7.64. The van der Waals surface area contributed by atoms with Gasteiger partial charge >= 0.3 is 0 Å². The molecule has 6 heteroatoms. The van der Waals surface area contributed by atoms with E-state index in [1.165, 1.54) is 0 Å². The molecular weight excluding hydrogens is 328 g/mol. The van der Waals surface area contributed by atoms with Gasteiger partial charge in [0.25, 0.3) is 11.5 Å². The zero-order valence-corrected chi connectivity index (χ0v) is 14.9. The number of aryl methyl sites for hydroxylation is 2. The zero-order chi connectivity index (χ0) is 17.9. The molecule has 0 radical (unpaired) electrons. The normalized spacial score (nSPS) is 13.4. The van der Waals surface area contributed by atoms with Crippen LogP contribution in [-0.4, -0.2) is 24.0 Å². The zero-order valence-electron chi connectivity index (χ0n) is 14.1. The van der Waals surface area contributed by atoms with Crippen molar-refractivity contribution in [1.29, 1.82) is 0 Å². The Bertz CT molecular complexity index is 784. The van der Waals surface area contributed by atoms with Gasteiger partial charge in [-0.1, -0.05) is 23.7 Å². The topological polar surface area (TPSA) is 71.2 Å². The van der Waals surface area contributed by atoms with Gasteiger partial charge in [0.05, 0.1) is 6.04 Å². The number of aromatic nitrogens is 1. The van der Waals surface area contributed by atoms with E-state index < -0.39 is 11.5 Å². The van der Waals surface area contributed by atoms with Gasteiger partial charge in [0, 0.05) is 17.8 Å². The quantitative estimate of drug-likeness (QED) is 0.871. The summed E-state index contributed by atoms with van der Waals surface area (Å²) in [6.07, 6.45) is -0.351. The molecule has 0 unspecified atom stereocenters. The van der Waals surface area contributed by atoms with Crippen molar-refractivity contribution in [2.24, 2.45) is 0 Å². The molecule has 128 valence electrons. The molecule has 0 aliphatic carbocycles. The molecule has 2 aromatic rings. The standard InChI is InChI=1S/C18H21ClN2O3/c1-10-9-11(2)20-17(22)15(10)18(23)21-12(3)16(24-4)13-5-7-14(19)8-6-13/h5-9,12,16H,1-4H3,(H,20,22)(H,21,23)/t12-,16-/m0/s1. The summed E-state index contributed by atoms with van der Waals surface area (Å²) < 4.78 is 5.51. The maximum absolute atomic E-state index is 12.5. The Hall–Kier alpha value is -2.11. The second-order valence-corrected chi connectivity index (χ2v) is 6.25. The van der Waals surface area contributed by atoms with Gasteiger partial charge in [0.15, 0.2) is 0 Å². The molecule has 2 N–H and O–H groups in total. The number of H-pyrrole nitrogens is 1. The maximum Gasteiger partial charge on any atom is 0.261 e. The van der Waals surface area contributed by atoms with Gasteiger partial charge in [-0.05, 0) is 50.1 Å².